The van der Waals surface area contributed by atoms with Crippen molar-refractivity contribution >= 4 is 0 Å². The first-order valence-electron chi connectivity index (χ1n) is 7.08. The highest BCUT2D eigenvalue weighted by Gasteiger charge is 2.32. The molecule has 1 unspecified atom stereocenters. The molecule has 108 valence electrons. The molecule has 0 amide bonds. The molecule has 3 rings (SSSR count). The maximum atomic E-state index is 10.2. The number of hydrogen-bond donors (Lipinski definition) is 3. The summed E-state index contributed by atoms with van der Waals surface area (Å²) in [6.45, 7) is 3.69. The Kier molecular flexibility index (Phi) is 3.84. The highest BCUT2D eigenvalue weighted by molar-refractivity contribution is 5.14. The van der Waals surface area contributed by atoms with Gasteiger partial charge in [-0.2, -0.15) is 5.10 Å². The van der Waals surface area contributed by atoms with Gasteiger partial charge in [0.15, 0.2) is 0 Å². The van der Waals surface area contributed by atoms with E-state index in [4.69, 9.17) is 0 Å². The minimum Gasteiger partial charge on any atom is -0.391 e. The Morgan fingerprint density at radius 2 is 2.40 bits per heavy atom. The van der Waals surface area contributed by atoms with E-state index in [2.05, 4.69) is 25.1 Å². The second kappa shape index (κ2) is 5.76. The lowest BCUT2D eigenvalue weighted by atomic mass is 10.1. The zero-order valence-corrected chi connectivity index (χ0v) is 11.7. The summed E-state index contributed by atoms with van der Waals surface area (Å²) in [7, 11) is 0. The van der Waals surface area contributed by atoms with Gasteiger partial charge in [-0.1, -0.05) is 0 Å². The zero-order chi connectivity index (χ0) is 13.9. The first-order valence-corrected chi connectivity index (χ1v) is 7.08. The average Bonchev–Trinajstić information content (AvgIpc) is 3.12. The number of hydrogen-bond acceptors (Lipinski definition) is 4. The Morgan fingerprint density at radius 1 is 1.50 bits per heavy atom. The monoisotopic (exact) mass is 275 g/mol. The molecule has 1 aliphatic rings. The molecule has 3 N–H and O–H groups in total. The Labute approximate surface area is 118 Å². The maximum Gasteiger partial charge on any atom is 0.0945 e. The molecule has 0 aromatic carbocycles. The van der Waals surface area contributed by atoms with E-state index in [-0.39, 0.29) is 12.1 Å². The molecule has 1 fully saturated rings. The fourth-order valence-electron chi connectivity index (χ4n) is 2.97. The highest BCUT2D eigenvalue weighted by atomic mass is 16.3. The van der Waals surface area contributed by atoms with Gasteiger partial charge in [0.05, 0.1) is 18.6 Å². The zero-order valence-electron chi connectivity index (χ0n) is 11.7. The van der Waals surface area contributed by atoms with Gasteiger partial charge in [-0.05, 0) is 25.7 Å². The predicted molar refractivity (Wildman–Crippen MR) is 74.9 cm³/mol. The van der Waals surface area contributed by atoms with E-state index in [0.717, 1.165) is 37.2 Å². The SMILES string of the molecule is Cc1[nH]ncc1CN[C@@H]1CC(Cn2ccnc2)C[C@H]1O. The quantitative estimate of drug-likeness (QED) is 0.755. The van der Waals surface area contributed by atoms with Crippen LogP contribution in [0.5, 0.6) is 0 Å². The van der Waals surface area contributed by atoms with E-state index in [9.17, 15) is 5.11 Å². The average molecular weight is 275 g/mol. The number of nitrogens with zero attached hydrogens (tertiary/aromatic N) is 3. The number of nitrogens with one attached hydrogen (secondary N) is 2. The number of H-pyrrole nitrogens is 1. The van der Waals surface area contributed by atoms with Crippen LogP contribution in [0, 0.1) is 12.8 Å². The third-order valence-corrected chi connectivity index (χ3v) is 4.14. The molecule has 6 heteroatoms. The predicted octanol–water partition coefficient (Wildman–Crippen LogP) is 0.844. The molecule has 3 atom stereocenters. The van der Waals surface area contributed by atoms with Crippen LogP contribution in [0.1, 0.15) is 24.1 Å². The Bertz CT molecular complexity index is 536. The van der Waals surface area contributed by atoms with Crippen LogP contribution in [0.3, 0.4) is 0 Å². The molecule has 1 aliphatic carbocycles. The minimum atomic E-state index is -0.268. The van der Waals surface area contributed by atoms with Crippen LogP contribution >= 0.6 is 0 Å². The third kappa shape index (κ3) is 2.91. The van der Waals surface area contributed by atoms with E-state index in [1.807, 2.05) is 25.6 Å². The molecule has 2 heterocycles. The van der Waals surface area contributed by atoms with Crippen LogP contribution in [0.2, 0.25) is 0 Å². The molecule has 2 aromatic rings. The summed E-state index contributed by atoms with van der Waals surface area (Å²) < 4.78 is 2.08. The summed E-state index contributed by atoms with van der Waals surface area (Å²) in [4.78, 5) is 4.06. The summed E-state index contributed by atoms with van der Waals surface area (Å²) in [6.07, 6.45) is 9.02. The number of aliphatic hydroxyl groups excluding tert-OH is 1. The van der Waals surface area contributed by atoms with Crippen molar-refractivity contribution in [3.8, 4) is 0 Å². The van der Waals surface area contributed by atoms with Gasteiger partial charge < -0.3 is 15.0 Å². The van der Waals surface area contributed by atoms with Crippen molar-refractivity contribution in [2.75, 3.05) is 0 Å². The van der Waals surface area contributed by atoms with Crippen molar-refractivity contribution in [2.24, 2.45) is 5.92 Å². The van der Waals surface area contributed by atoms with Crippen molar-refractivity contribution in [1.82, 2.24) is 25.1 Å². The van der Waals surface area contributed by atoms with E-state index < -0.39 is 0 Å². The fourth-order valence-corrected chi connectivity index (χ4v) is 2.97. The number of aliphatic hydroxyl groups is 1. The van der Waals surface area contributed by atoms with Gasteiger partial charge in [0.1, 0.15) is 0 Å². The van der Waals surface area contributed by atoms with Crippen LogP contribution in [-0.4, -0.2) is 37.0 Å². The summed E-state index contributed by atoms with van der Waals surface area (Å²) in [6, 6.07) is 0.165. The highest BCUT2D eigenvalue weighted by Crippen LogP contribution is 2.27. The summed E-state index contributed by atoms with van der Waals surface area (Å²) >= 11 is 0. The van der Waals surface area contributed by atoms with Gasteiger partial charge in [-0.3, -0.25) is 5.10 Å². The molecule has 0 bridgehead atoms. The van der Waals surface area contributed by atoms with E-state index in [1.54, 1.807) is 6.20 Å². The molecule has 2 aromatic heterocycles. The van der Waals surface area contributed by atoms with Crippen LogP contribution in [0.25, 0.3) is 0 Å². The van der Waals surface area contributed by atoms with Gasteiger partial charge in [-0.25, -0.2) is 4.98 Å². The lowest BCUT2D eigenvalue weighted by Crippen LogP contribution is -2.35. The van der Waals surface area contributed by atoms with Crippen molar-refractivity contribution in [1.29, 1.82) is 0 Å². The maximum absolute atomic E-state index is 10.2. The summed E-state index contributed by atoms with van der Waals surface area (Å²) in [5.41, 5.74) is 2.25. The smallest absolute Gasteiger partial charge is 0.0945 e. The van der Waals surface area contributed by atoms with Gasteiger partial charge in [0.2, 0.25) is 0 Å². The third-order valence-electron chi connectivity index (χ3n) is 4.14. The van der Waals surface area contributed by atoms with Crippen molar-refractivity contribution in [2.45, 2.75) is 45.0 Å². The lowest BCUT2D eigenvalue weighted by Gasteiger charge is -2.16. The molecule has 0 radical (unpaired) electrons. The number of aromatic nitrogens is 4. The fraction of sp³-hybridized carbons (Fsp3) is 0.571. The van der Waals surface area contributed by atoms with E-state index >= 15 is 0 Å². The Balaban J connectivity index is 1.52. The Hall–Kier alpha value is -1.66. The van der Waals surface area contributed by atoms with E-state index in [1.165, 1.54) is 0 Å². The molecular formula is C14H21N5O. The number of aromatic amines is 1. The number of aryl methyl sites for hydroxylation is 1. The van der Waals surface area contributed by atoms with Crippen molar-refractivity contribution in [3.63, 3.8) is 0 Å². The van der Waals surface area contributed by atoms with E-state index in [0.29, 0.717) is 5.92 Å². The lowest BCUT2D eigenvalue weighted by molar-refractivity contribution is 0.145. The number of rotatable bonds is 5. The molecule has 20 heavy (non-hydrogen) atoms. The van der Waals surface area contributed by atoms with Crippen molar-refractivity contribution in [3.05, 3.63) is 36.2 Å². The van der Waals surface area contributed by atoms with Crippen LogP contribution in [-0.2, 0) is 13.1 Å². The van der Waals surface area contributed by atoms with Crippen molar-refractivity contribution < 1.29 is 5.11 Å². The number of imidazole rings is 1. The van der Waals surface area contributed by atoms with Gasteiger partial charge in [0, 0.05) is 42.8 Å². The summed E-state index contributed by atoms with van der Waals surface area (Å²) in [5, 5.41) is 20.6. The van der Waals surface area contributed by atoms with Crippen LogP contribution in [0.15, 0.2) is 24.9 Å². The molecule has 0 saturated heterocycles. The minimum absolute atomic E-state index is 0.165. The summed E-state index contributed by atoms with van der Waals surface area (Å²) in [5.74, 6) is 0.502. The topological polar surface area (TPSA) is 78.8 Å². The second-order valence-corrected chi connectivity index (χ2v) is 5.67. The molecule has 1 saturated carbocycles. The first kappa shape index (κ1) is 13.3. The van der Waals surface area contributed by atoms with Gasteiger partial charge >= 0.3 is 0 Å². The molecule has 6 nitrogen and oxygen atoms in total. The molecule has 0 aliphatic heterocycles. The molecular weight excluding hydrogens is 254 g/mol. The van der Waals surface area contributed by atoms with Crippen LogP contribution < -0.4 is 5.32 Å². The second-order valence-electron chi connectivity index (χ2n) is 5.67. The normalized spacial score (nSPS) is 26.2. The van der Waals surface area contributed by atoms with Gasteiger partial charge in [0.25, 0.3) is 0 Å². The standard InChI is InChI=1S/C14H21N5O/c1-10-12(7-17-18-10)6-16-13-4-11(5-14(13)20)8-19-3-2-15-9-19/h2-3,7,9,11,13-14,16,20H,4-6,8H2,1H3,(H,17,18)/t11?,13-,14-/m1/s1. The van der Waals surface area contributed by atoms with Crippen LogP contribution in [0.4, 0.5) is 0 Å². The Morgan fingerprint density at radius 3 is 3.10 bits per heavy atom. The van der Waals surface area contributed by atoms with Gasteiger partial charge in [-0.15, -0.1) is 0 Å². The largest absolute Gasteiger partial charge is 0.391 e. The molecule has 0 spiro atoms. The first-order chi connectivity index (χ1) is 9.72.